The Hall–Kier alpha value is -2.43. The summed E-state index contributed by atoms with van der Waals surface area (Å²) in [5.74, 6) is 1.67. The summed E-state index contributed by atoms with van der Waals surface area (Å²) in [6.07, 6.45) is 2.63. The molecule has 0 aliphatic rings. The molecule has 0 aliphatic heterocycles. The van der Waals surface area contributed by atoms with Crippen LogP contribution in [0, 0.1) is 13.8 Å². The molecule has 1 N–H and O–H groups in total. The molecule has 3 aromatic rings. The van der Waals surface area contributed by atoms with Crippen LogP contribution in [0.15, 0.2) is 30.6 Å². The Bertz CT molecular complexity index is 758. The molecular formula is C16H19N5. The third-order valence-electron chi connectivity index (χ3n) is 3.70. The van der Waals surface area contributed by atoms with Gasteiger partial charge in [0.05, 0.1) is 0 Å². The predicted molar refractivity (Wildman–Crippen MR) is 83.4 cm³/mol. The van der Waals surface area contributed by atoms with Gasteiger partial charge in [-0.3, -0.25) is 4.40 Å². The van der Waals surface area contributed by atoms with Crippen LogP contribution in [-0.2, 0) is 13.0 Å². The van der Waals surface area contributed by atoms with E-state index in [2.05, 4.69) is 58.6 Å². The van der Waals surface area contributed by atoms with Crippen LogP contribution in [0.5, 0.6) is 0 Å². The quantitative estimate of drug-likeness (QED) is 0.799. The first kappa shape index (κ1) is 13.5. The van der Waals surface area contributed by atoms with Crippen LogP contribution in [0.4, 0.5) is 5.82 Å². The van der Waals surface area contributed by atoms with Crippen molar-refractivity contribution in [3.8, 4) is 0 Å². The molecule has 0 saturated heterocycles. The van der Waals surface area contributed by atoms with Gasteiger partial charge >= 0.3 is 0 Å². The number of anilines is 1. The van der Waals surface area contributed by atoms with Crippen LogP contribution < -0.4 is 5.32 Å². The van der Waals surface area contributed by atoms with Crippen molar-refractivity contribution >= 4 is 11.6 Å². The maximum Gasteiger partial charge on any atom is 0.256 e. The van der Waals surface area contributed by atoms with E-state index in [1.807, 2.05) is 11.3 Å². The zero-order valence-corrected chi connectivity index (χ0v) is 12.6. The van der Waals surface area contributed by atoms with Gasteiger partial charge < -0.3 is 5.32 Å². The molecular weight excluding hydrogens is 262 g/mol. The number of fused-ring (bicyclic) bond motifs is 1. The Labute approximate surface area is 124 Å². The zero-order chi connectivity index (χ0) is 14.8. The van der Waals surface area contributed by atoms with Crippen molar-refractivity contribution in [2.45, 2.75) is 33.7 Å². The van der Waals surface area contributed by atoms with Crippen LogP contribution in [0.1, 0.15) is 29.3 Å². The molecule has 0 aliphatic carbocycles. The number of hydrogen-bond donors (Lipinski definition) is 1. The van der Waals surface area contributed by atoms with E-state index in [1.165, 1.54) is 16.7 Å². The molecule has 21 heavy (non-hydrogen) atoms. The first-order valence-electron chi connectivity index (χ1n) is 7.17. The van der Waals surface area contributed by atoms with Gasteiger partial charge in [-0.2, -0.15) is 0 Å². The summed E-state index contributed by atoms with van der Waals surface area (Å²) in [7, 11) is 0. The standard InChI is InChI=1S/C16H19N5/c1-4-14-12(3)19-16-20-18-10-21(16)15(14)17-9-13-7-5-11(2)6-8-13/h5-8,10,17H,4,9H2,1-3H3. The first-order valence-corrected chi connectivity index (χ1v) is 7.17. The van der Waals surface area contributed by atoms with Crippen LogP contribution in [0.3, 0.4) is 0 Å². The Morgan fingerprint density at radius 1 is 1.14 bits per heavy atom. The second-order valence-corrected chi connectivity index (χ2v) is 5.22. The highest BCUT2D eigenvalue weighted by Gasteiger charge is 2.12. The third-order valence-corrected chi connectivity index (χ3v) is 3.70. The summed E-state index contributed by atoms with van der Waals surface area (Å²) in [4.78, 5) is 4.48. The lowest BCUT2D eigenvalue weighted by molar-refractivity contribution is 0.960. The van der Waals surface area contributed by atoms with Gasteiger partial charge in [0, 0.05) is 17.8 Å². The number of rotatable bonds is 4. The molecule has 3 rings (SSSR count). The number of aryl methyl sites for hydroxylation is 2. The number of benzene rings is 1. The van der Waals surface area contributed by atoms with E-state index in [4.69, 9.17) is 0 Å². The molecule has 0 atom stereocenters. The largest absolute Gasteiger partial charge is 0.367 e. The van der Waals surface area contributed by atoms with E-state index in [9.17, 15) is 0 Å². The van der Waals surface area contributed by atoms with E-state index in [0.717, 1.165) is 24.5 Å². The van der Waals surface area contributed by atoms with E-state index < -0.39 is 0 Å². The third kappa shape index (κ3) is 2.59. The van der Waals surface area contributed by atoms with Crippen molar-refractivity contribution in [3.63, 3.8) is 0 Å². The molecule has 5 nitrogen and oxygen atoms in total. The summed E-state index contributed by atoms with van der Waals surface area (Å²) >= 11 is 0. The SMILES string of the molecule is CCc1c(C)nc2nncn2c1NCc1ccc(C)cc1. The zero-order valence-electron chi connectivity index (χ0n) is 12.6. The van der Waals surface area contributed by atoms with Crippen molar-refractivity contribution < 1.29 is 0 Å². The normalized spacial score (nSPS) is 11.0. The minimum atomic E-state index is 0.635. The second kappa shape index (κ2) is 5.52. The molecule has 0 amide bonds. The Morgan fingerprint density at radius 3 is 2.62 bits per heavy atom. The van der Waals surface area contributed by atoms with Gasteiger partial charge in [0.1, 0.15) is 12.1 Å². The molecule has 0 bridgehead atoms. The van der Waals surface area contributed by atoms with Crippen molar-refractivity contribution in [1.29, 1.82) is 0 Å². The maximum absolute atomic E-state index is 4.48. The van der Waals surface area contributed by atoms with Crippen molar-refractivity contribution in [3.05, 3.63) is 53.0 Å². The predicted octanol–water partition coefficient (Wildman–Crippen LogP) is 2.92. The minimum Gasteiger partial charge on any atom is -0.367 e. The van der Waals surface area contributed by atoms with E-state index >= 15 is 0 Å². The summed E-state index contributed by atoms with van der Waals surface area (Å²) in [6.45, 7) is 7.02. The fourth-order valence-corrected chi connectivity index (χ4v) is 2.50. The molecule has 2 aromatic heterocycles. The molecule has 0 spiro atoms. The van der Waals surface area contributed by atoms with Crippen LogP contribution in [-0.4, -0.2) is 19.6 Å². The van der Waals surface area contributed by atoms with Crippen LogP contribution >= 0.6 is 0 Å². The van der Waals surface area contributed by atoms with Crippen LogP contribution in [0.25, 0.3) is 5.78 Å². The van der Waals surface area contributed by atoms with Crippen molar-refractivity contribution in [2.24, 2.45) is 0 Å². The Morgan fingerprint density at radius 2 is 1.90 bits per heavy atom. The number of nitrogens with zero attached hydrogens (tertiary/aromatic N) is 4. The van der Waals surface area contributed by atoms with Gasteiger partial charge in [0.15, 0.2) is 0 Å². The van der Waals surface area contributed by atoms with Gasteiger partial charge in [0.25, 0.3) is 5.78 Å². The van der Waals surface area contributed by atoms with Gasteiger partial charge in [0.2, 0.25) is 0 Å². The van der Waals surface area contributed by atoms with Crippen LogP contribution in [0.2, 0.25) is 0 Å². The van der Waals surface area contributed by atoms with Crippen molar-refractivity contribution in [1.82, 2.24) is 19.6 Å². The second-order valence-electron chi connectivity index (χ2n) is 5.22. The molecule has 108 valence electrons. The Balaban J connectivity index is 1.95. The summed E-state index contributed by atoms with van der Waals surface area (Å²) < 4.78 is 1.92. The van der Waals surface area contributed by atoms with E-state index in [-0.39, 0.29) is 0 Å². The lowest BCUT2D eigenvalue weighted by Gasteiger charge is -2.14. The fraction of sp³-hybridized carbons (Fsp3) is 0.312. The maximum atomic E-state index is 4.48. The smallest absolute Gasteiger partial charge is 0.256 e. The Kier molecular flexibility index (Phi) is 3.56. The van der Waals surface area contributed by atoms with Gasteiger partial charge in [-0.15, -0.1) is 10.2 Å². The van der Waals surface area contributed by atoms with E-state index in [1.54, 1.807) is 6.33 Å². The van der Waals surface area contributed by atoms with Crippen molar-refractivity contribution in [2.75, 3.05) is 5.32 Å². The number of nitrogens with one attached hydrogen (secondary N) is 1. The first-order chi connectivity index (χ1) is 10.2. The molecule has 1 aromatic carbocycles. The topological polar surface area (TPSA) is 55.1 Å². The highest BCUT2D eigenvalue weighted by molar-refractivity contribution is 5.53. The monoisotopic (exact) mass is 281 g/mol. The van der Waals surface area contributed by atoms with Gasteiger partial charge in [-0.1, -0.05) is 36.8 Å². The minimum absolute atomic E-state index is 0.635. The number of aromatic nitrogens is 4. The molecule has 0 unspecified atom stereocenters. The average molecular weight is 281 g/mol. The summed E-state index contributed by atoms with van der Waals surface area (Å²) in [5, 5.41) is 11.5. The van der Waals surface area contributed by atoms with Gasteiger partial charge in [-0.05, 0) is 25.8 Å². The summed E-state index contributed by atoms with van der Waals surface area (Å²) in [5.41, 5.74) is 4.73. The van der Waals surface area contributed by atoms with Gasteiger partial charge in [-0.25, -0.2) is 4.98 Å². The highest BCUT2D eigenvalue weighted by atomic mass is 15.3. The average Bonchev–Trinajstić information content (AvgIpc) is 2.94. The molecule has 5 heteroatoms. The molecule has 0 saturated carbocycles. The van der Waals surface area contributed by atoms with E-state index in [0.29, 0.717) is 5.78 Å². The highest BCUT2D eigenvalue weighted by Crippen LogP contribution is 2.21. The summed E-state index contributed by atoms with van der Waals surface area (Å²) in [6, 6.07) is 8.55. The lowest BCUT2D eigenvalue weighted by atomic mass is 10.1. The molecule has 0 radical (unpaired) electrons. The molecule has 2 heterocycles. The number of hydrogen-bond acceptors (Lipinski definition) is 4. The lowest BCUT2D eigenvalue weighted by Crippen LogP contribution is -2.10. The fourth-order valence-electron chi connectivity index (χ4n) is 2.50. The molecule has 0 fully saturated rings.